The first-order valence-corrected chi connectivity index (χ1v) is 18.6. The molecule has 0 spiro atoms. The van der Waals surface area contributed by atoms with E-state index in [0.717, 1.165) is 50.9 Å². The van der Waals surface area contributed by atoms with Crippen LogP contribution in [0.2, 0.25) is 18.1 Å². The minimum Gasteiger partial charge on any atom is -0.414 e. The first-order valence-electron chi connectivity index (χ1n) is 15.7. The van der Waals surface area contributed by atoms with Crippen LogP contribution < -0.4 is 0 Å². The normalized spacial score (nSPS) is 41.5. The Morgan fingerprint density at radius 3 is 2.41 bits per heavy atom. The van der Waals surface area contributed by atoms with Crippen molar-refractivity contribution in [1.29, 1.82) is 0 Å². The zero-order chi connectivity index (χ0) is 27.6. The lowest BCUT2D eigenvalue weighted by Crippen LogP contribution is -2.57. The van der Waals surface area contributed by atoms with Crippen molar-refractivity contribution in [3.63, 3.8) is 0 Å². The number of aliphatic hydroxyl groups is 2. The Morgan fingerprint density at radius 2 is 1.78 bits per heavy atom. The third-order valence-electron chi connectivity index (χ3n) is 12.5. The number of hydrogen-bond donors (Lipinski definition) is 2. The summed E-state index contributed by atoms with van der Waals surface area (Å²) in [4.78, 5) is 0. The number of fused-ring (bicyclic) bond motifs is 5. The van der Waals surface area contributed by atoms with E-state index < -0.39 is 13.9 Å². The molecular weight excluding hydrogens is 472 g/mol. The standard InChI is InChI=1S/C33H60O3Si/c1-22(12-11-18-31(5,6)35)26-15-16-27-25-14-13-23-20-24(36-37(9,10)30(2,3)4)17-19-32(23,7)29(25)28(34)21-33(26,27)8/h13,22,24-29,34-35H,11-12,14-21H2,1-10H3/t22-,24+,25+,26-,27+,28-,29-,32+,33-/m1/s1. The highest BCUT2D eigenvalue weighted by molar-refractivity contribution is 6.74. The molecule has 3 fully saturated rings. The molecule has 0 aromatic rings. The Kier molecular flexibility index (Phi) is 8.08. The maximum absolute atomic E-state index is 11.9. The summed E-state index contributed by atoms with van der Waals surface area (Å²) in [5, 5.41) is 22.3. The topological polar surface area (TPSA) is 49.7 Å². The fourth-order valence-electron chi connectivity index (χ4n) is 9.48. The molecular formula is C33H60O3Si. The average Bonchev–Trinajstić information content (AvgIpc) is 3.08. The summed E-state index contributed by atoms with van der Waals surface area (Å²) in [5.41, 5.74) is 1.42. The highest BCUT2D eigenvalue weighted by Crippen LogP contribution is 2.67. The van der Waals surface area contributed by atoms with Crippen molar-refractivity contribution in [2.75, 3.05) is 0 Å². The van der Waals surface area contributed by atoms with Gasteiger partial charge in [0, 0.05) is 6.10 Å². The summed E-state index contributed by atoms with van der Waals surface area (Å²) in [7, 11) is -1.78. The highest BCUT2D eigenvalue weighted by Gasteiger charge is 2.62. The smallest absolute Gasteiger partial charge is 0.192 e. The molecule has 0 aliphatic heterocycles. The van der Waals surface area contributed by atoms with Crippen LogP contribution in [0.25, 0.3) is 0 Å². The van der Waals surface area contributed by atoms with Gasteiger partial charge in [-0.15, -0.1) is 0 Å². The van der Waals surface area contributed by atoms with Gasteiger partial charge in [-0.25, -0.2) is 0 Å². The predicted octanol–water partition coefficient (Wildman–Crippen LogP) is 8.50. The highest BCUT2D eigenvalue weighted by atomic mass is 28.4. The second-order valence-electron chi connectivity index (χ2n) is 16.6. The van der Waals surface area contributed by atoms with Crippen LogP contribution in [0.5, 0.6) is 0 Å². The van der Waals surface area contributed by atoms with Crippen LogP contribution in [0.15, 0.2) is 11.6 Å². The average molecular weight is 533 g/mol. The van der Waals surface area contributed by atoms with E-state index in [1.54, 1.807) is 5.57 Å². The van der Waals surface area contributed by atoms with E-state index in [0.29, 0.717) is 29.8 Å². The zero-order valence-electron chi connectivity index (χ0n) is 26.0. The molecule has 9 atom stereocenters. The third kappa shape index (κ3) is 5.57. The fraction of sp³-hybridized carbons (Fsp3) is 0.939. The Balaban J connectivity index is 1.49. The first-order chi connectivity index (χ1) is 16.9. The van der Waals surface area contributed by atoms with Crippen molar-refractivity contribution in [2.45, 2.75) is 156 Å². The molecule has 214 valence electrons. The molecule has 0 radical (unpaired) electrons. The van der Waals surface area contributed by atoms with Crippen LogP contribution in [0, 0.1) is 40.4 Å². The second-order valence-corrected chi connectivity index (χ2v) is 21.3. The Bertz CT molecular complexity index is 851. The SMILES string of the molecule is C[C@H](CCCC(C)(C)O)[C@H]1CC[C@H]2[C@@H]3CC=C4C[C@@H](O[Si](C)(C)C(C)(C)C)CC[C@]4(C)[C@H]3[C@H](O)C[C@]12C. The molecule has 3 saturated carbocycles. The largest absolute Gasteiger partial charge is 0.414 e. The van der Waals surface area contributed by atoms with Crippen molar-refractivity contribution >= 4 is 8.32 Å². The van der Waals surface area contributed by atoms with Crippen LogP contribution in [0.4, 0.5) is 0 Å². The Hall–Kier alpha value is -0.163. The zero-order valence-corrected chi connectivity index (χ0v) is 27.0. The van der Waals surface area contributed by atoms with Crippen LogP contribution in [0.3, 0.4) is 0 Å². The molecule has 37 heavy (non-hydrogen) atoms. The molecule has 0 unspecified atom stereocenters. The predicted molar refractivity (Wildman–Crippen MR) is 158 cm³/mol. The molecule has 0 saturated heterocycles. The van der Waals surface area contributed by atoms with Crippen LogP contribution >= 0.6 is 0 Å². The van der Waals surface area contributed by atoms with Crippen LogP contribution in [-0.4, -0.2) is 36.3 Å². The van der Waals surface area contributed by atoms with Gasteiger partial charge in [-0.2, -0.15) is 0 Å². The molecule has 2 N–H and O–H groups in total. The van der Waals surface area contributed by atoms with E-state index in [9.17, 15) is 10.2 Å². The van der Waals surface area contributed by atoms with E-state index in [2.05, 4.69) is 60.7 Å². The van der Waals surface area contributed by atoms with Crippen molar-refractivity contribution < 1.29 is 14.6 Å². The van der Waals surface area contributed by atoms with Crippen molar-refractivity contribution in [2.24, 2.45) is 40.4 Å². The molecule has 4 heteroatoms. The summed E-state index contributed by atoms with van der Waals surface area (Å²) < 4.78 is 6.90. The third-order valence-corrected chi connectivity index (χ3v) is 17.0. The van der Waals surface area contributed by atoms with E-state index in [1.165, 1.54) is 19.3 Å². The van der Waals surface area contributed by atoms with Gasteiger partial charge in [-0.05, 0) is 124 Å². The maximum atomic E-state index is 11.9. The first kappa shape index (κ1) is 29.8. The number of rotatable bonds is 7. The van der Waals surface area contributed by atoms with E-state index >= 15 is 0 Å². The quantitative estimate of drug-likeness (QED) is 0.255. The van der Waals surface area contributed by atoms with Gasteiger partial charge in [0.2, 0.25) is 0 Å². The lowest BCUT2D eigenvalue weighted by molar-refractivity contribution is -0.129. The van der Waals surface area contributed by atoms with Crippen molar-refractivity contribution in [1.82, 2.24) is 0 Å². The van der Waals surface area contributed by atoms with Crippen molar-refractivity contribution in [3.8, 4) is 0 Å². The van der Waals surface area contributed by atoms with Gasteiger partial charge in [0.25, 0.3) is 0 Å². The van der Waals surface area contributed by atoms with E-state index in [-0.39, 0.29) is 22.0 Å². The summed E-state index contributed by atoms with van der Waals surface area (Å²) in [6.45, 7) is 23.1. The fourth-order valence-corrected chi connectivity index (χ4v) is 10.9. The Labute approximate surface area is 230 Å². The summed E-state index contributed by atoms with van der Waals surface area (Å²) in [5.74, 6) is 3.12. The van der Waals surface area contributed by atoms with Crippen LogP contribution in [0.1, 0.15) is 120 Å². The van der Waals surface area contributed by atoms with Gasteiger partial charge in [0.1, 0.15) is 0 Å². The van der Waals surface area contributed by atoms with Gasteiger partial charge in [0.15, 0.2) is 8.32 Å². The van der Waals surface area contributed by atoms with Gasteiger partial charge >= 0.3 is 0 Å². The van der Waals surface area contributed by atoms with Crippen molar-refractivity contribution in [3.05, 3.63) is 11.6 Å². The van der Waals surface area contributed by atoms with Gasteiger partial charge in [-0.3, -0.25) is 0 Å². The summed E-state index contributed by atoms with van der Waals surface area (Å²) in [6, 6.07) is 0. The molecule has 4 aliphatic rings. The minimum atomic E-state index is -1.78. The molecule has 3 nitrogen and oxygen atoms in total. The van der Waals surface area contributed by atoms with E-state index in [4.69, 9.17) is 4.43 Å². The van der Waals surface area contributed by atoms with Gasteiger partial charge in [-0.1, -0.05) is 66.0 Å². The summed E-state index contributed by atoms with van der Waals surface area (Å²) >= 11 is 0. The van der Waals surface area contributed by atoms with Crippen LogP contribution in [-0.2, 0) is 4.43 Å². The number of hydrogen-bond acceptors (Lipinski definition) is 3. The molecule has 0 aromatic carbocycles. The van der Waals surface area contributed by atoms with E-state index in [1.807, 2.05) is 13.8 Å². The summed E-state index contributed by atoms with van der Waals surface area (Å²) in [6.07, 6.45) is 14.1. The molecule has 0 aromatic heterocycles. The lowest BCUT2D eigenvalue weighted by atomic mass is 9.46. The lowest BCUT2D eigenvalue weighted by Gasteiger charge is -2.60. The molecule has 4 aliphatic carbocycles. The number of allylic oxidation sites excluding steroid dienone is 1. The second kappa shape index (κ2) is 10.0. The molecule has 4 rings (SSSR count). The maximum Gasteiger partial charge on any atom is 0.192 e. The number of aliphatic hydroxyl groups excluding tert-OH is 1. The molecule has 0 amide bonds. The van der Waals surface area contributed by atoms with Gasteiger partial charge < -0.3 is 14.6 Å². The minimum absolute atomic E-state index is 0.132. The molecule has 0 bridgehead atoms. The molecule has 0 heterocycles. The Morgan fingerprint density at radius 1 is 1.11 bits per heavy atom. The van der Waals surface area contributed by atoms with Gasteiger partial charge in [0.05, 0.1) is 11.7 Å². The monoisotopic (exact) mass is 532 g/mol.